The fourth-order valence-corrected chi connectivity index (χ4v) is 4.45. The van der Waals surface area contributed by atoms with E-state index in [1.165, 1.54) is 6.26 Å². The van der Waals surface area contributed by atoms with Crippen LogP contribution in [0.5, 0.6) is 5.75 Å². The molecule has 2 atom stereocenters. The zero-order valence-corrected chi connectivity index (χ0v) is 13.0. The van der Waals surface area contributed by atoms with Gasteiger partial charge in [-0.2, -0.15) is 0 Å². The summed E-state index contributed by atoms with van der Waals surface area (Å²) in [4.78, 5) is 11.6. The van der Waals surface area contributed by atoms with Gasteiger partial charge in [0.15, 0.2) is 5.78 Å². The largest absolute Gasteiger partial charge is 0.490 e. The van der Waals surface area contributed by atoms with Crippen LogP contribution < -0.4 is 4.74 Å². The number of benzene rings is 1. The van der Waals surface area contributed by atoms with Crippen molar-refractivity contribution < 1.29 is 17.9 Å². The van der Waals surface area contributed by atoms with Crippen LogP contribution in [0, 0.1) is 0 Å². The topological polar surface area (TPSA) is 60.4 Å². The number of sulfone groups is 1. The summed E-state index contributed by atoms with van der Waals surface area (Å²) >= 11 is 0. The first-order valence-corrected chi connectivity index (χ1v) is 9.40. The van der Waals surface area contributed by atoms with E-state index in [9.17, 15) is 13.2 Å². The second kappa shape index (κ2) is 5.44. The van der Waals surface area contributed by atoms with E-state index in [0.29, 0.717) is 12.8 Å². The Labute approximate surface area is 125 Å². The van der Waals surface area contributed by atoms with E-state index >= 15 is 0 Å². The van der Waals surface area contributed by atoms with Crippen molar-refractivity contribution in [2.75, 3.05) is 6.26 Å². The first-order valence-electron chi connectivity index (χ1n) is 7.45. The van der Waals surface area contributed by atoms with Gasteiger partial charge in [-0.3, -0.25) is 4.79 Å². The van der Waals surface area contributed by atoms with Gasteiger partial charge in [0.2, 0.25) is 0 Å². The number of aryl methyl sites for hydroxylation is 1. The van der Waals surface area contributed by atoms with Crippen molar-refractivity contribution in [3.05, 3.63) is 29.3 Å². The Hall–Kier alpha value is -1.36. The van der Waals surface area contributed by atoms with E-state index < -0.39 is 9.84 Å². The Morgan fingerprint density at radius 1 is 1.19 bits per heavy atom. The van der Waals surface area contributed by atoms with Crippen molar-refractivity contribution in [3.8, 4) is 5.75 Å². The van der Waals surface area contributed by atoms with E-state index in [1.807, 2.05) is 18.2 Å². The van der Waals surface area contributed by atoms with Gasteiger partial charge in [0, 0.05) is 24.7 Å². The molecule has 21 heavy (non-hydrogen) atoms. The van der Waals surface area contributed by atoms with Crippen LogP contribution in [0.25, 0.3) is 0 Å². The second-order valence-corrected chi connectivity index (χ2v) is 8.43. The summed E-state index contributed by atoms with van der Waals surface area (Å²) in [6, 6.07) is 5.59. The molecule has 2 aliphatic carbocycles. The Kier molecular flexibility index (Phi) is 3.78. The Morgan fingerprint density at radius 3 is 2.76 bits per heavy atom. The Morgan fingerprint density at radius 2 is 2.00 bits per heavy atom. The van der Waals surface area contributed by atoms with Gasteiger partial charge >= 0.3 is 0 Å². The number of carbonyl (C=O) groups is 1. The quantitative estimate of drug-likeness (QED) is 0.861. The number of ketones is 1. The first kappa shape index (κ1) is 14.6. The minimum absolute atomic E-state index is 0.0476. The van der Waals surface area contributed by atoms with Crippen molar-refractivity contribution in [2.24, 2.45) is 0 Å². The monoisotopic (exact) mass is 308 g/mol. The number of hydrogen-bond acceptors (Lipinski definition) is 4. The van der Waals surface area contributed by atoms with Crippen LogP contribution in [-0.4, -0.2) is 31.8 Å². The van der Waals surface area contributed by atoms with Crippen LogP contribution in [0.15, 0.2) is 18.2 Å². The molecule has 0 spiro atoms. The molecular weight excluding hydrogens is 288 g/mol. The van der Waals surface area contributed by atoms with Crippen molar-refractivity contribution >= 4 is 15.6 Å². The van der Waals surface area contributed by atoms with Crippen molar-refractivity contribution in [1.82, 2.24) is 0 Å². The van der Waals surface area contributed by atoms with E-state index in [2.05, 4.69) is 0 Å². The molecule has 1 saturated carbocycles. The highest BCUT2D eigenvalue weighted by Gasteiger charge is 2.30. The number of fused-ring (bicyclic) bond motifs is 1. The highest BCUT2D eigenvalue weighted by atomic mass is 32.2. The van der Waals surface area contributed by atoms with Gasteiger partial charge in [-0.25, -0.2) is 8.42 Å². The first-order chi connectivity index (χ1) is 9.93. The summed E-state index contributed by atoms with van der Waals surface area (Å²) in [6.07, 6.45) is 5.69. The lowest BCUT2D eigenvalue weighted by Gasteiger charge is -2.28. The molecule has 4 nitrogen and oxygen atoms in total. The van der Waals surface area contributed by atoms with Crippen molar-refractivity contribution in [2.45, 2.75) is 49.9 Å². The van der Waals surface area contributed by atoms with Gasteiger partial charge in [0.1, 0.15) is 15.6 Å². The Balaban J connectivity index is 1.71. The maximum atomic E-state index is 11.7. The molecule has 2 unspecified atom stereocenters. The molecule has 0 saturated heterocycles. The fourth-order valence-electron chi connectivity index (χ4n) is 3.30. The lowest BCUT2D eigenvalue weighted by Crippen LogP contribution is -2.33. The second-order valence-electron chi connectivity index (χ2n) is 6.10. The summed E-state index contributed by atoms with van der Waals surface area (Å²) in [7, 11) is -2.99. The summed E-state index contributed by atoms with van der Waals surface area (Å²) in [6.45, 7) is 0. The highest BCUT2D eigenvalue weighted by molar-refractivity contribution is 7.91. The minimum atomic E-state index is -2.99. The van der Waals surface area contributed by atoms with Gasteiger partial charge in [-0.05, 0) is 49.4 Å². The van der Waals surface area contributed by atoms with Crippen LogP contribution in [0.4, 0.5) is 0 Å². The highest BCUT2D eigenvalue weighted by Crippen LogP contribution is 2.30. The summed E-state index contributed by atoms with van der Waals surface area (Å²) < 4.78 is 29.3. The molecule has 0 bridgehead atoms. The summed E-state index contributed by atoms with van der Waals surface area (Å²) in [5.41, 5.74) is 1.85. The van der Waals surface area contributed by atoms with Crippen LogP contribution in [0.3, 0.4) is 0 Å². The molecule has 0 aromatic heterocycles. The molecule has 1 fully saturated rings. The fraction of sp³-hybridized carbons (Fsp3) is 0.562. The van der Waals surface area contributed by atoms with E-state index in [4.69, 9.17) is 4.74 Å². The number of Topliss-reactive ketones (excluding diaryl/α,β-unsaturated/α-hetero) is 1. The molecule has 1 aromatic rings. The zero-order valence-electron chi connectivity index (χ0n) is 12.2. The molecule has 1 aromatic carbocycles. The van der Waals surface area contributed by atoms with Gasteiger partial charge in [-0.15, -0.1) is 0 Å². The Bertz CT molecular complexity index is 663. The number of carbonyl (C=O) groups excluding carboxylic acids is 1. The molecule has 114 valence electrons. The van der Waals surface area contributed by atoms with Crippen LogP contribution in [0.1, 0.15) is 48.0 Å². The standard InChI is InChI=1S/C16H20O4S/c1-21(18,19)14-4-2-3-12(10-14)20-13-6-7-15-11(9-13)5-8-16(15)17/h6-7,9,12,14H,2-5,8,10H2,1H3. The SMILES string of the molecule is CS(=O)(=O)C1CCCC(Oc2ccc3c(c2)CCC3=O)C1. The molecule has 3 rings (SSSR count). The third kappa shape index (κ3) is 3.12. The van der Waals surface area contributed by atoms with Crippen LogP contribution in [-0.2, 0) is 16.3 Å². The average Bonchev–Trinajstić information content (AvgIpc) is 2.79. The van der Waals surface area contributed by atoms with Gasteiger partial charge < -0.3 is 4.74 Å². The zero-order chi connectivity index (χ0) is 15.0. The van der Waals surface area contributed by atoms with E-state index in [-0.39, 0.29) is 17.1 Å². The number of ether oxygens (including phenoxy) is 1. The number of rotatable bonds is 3. The molecule has 0 aliphatic heterocycles. The molecule has 5 heteroatoms. The van der Waals surface area contributed by atoms with Gasteiger partial charge in [0.25, 0.3) is 0 Å². The maximum Gasteiger partial charge on any atom is 0.163 e. The molecule has 0 amide bonds. The van der Waals surface area contributed by atoms with Crippen LogP contribution in [0.2, 0.25) is 0 Å². The summed E-state index contributed by atoms with van der Waals surface area (Å²) in [5.74, 6) is 0.953. The third-order valence-electron chi connectivity index (χ3n) is 4.48. The lowest BCUT2D eigenvalue weighted by molar-refractivity contribution is 0.0994. The molecule has 0 heterocycles. The predicted octanol–water partition coefficient (Wildman–Crippen LogP) is 2.55. The lowest BCUT2D eigenvalue weighted by atomic mass is 9.97. The molecule has 0 radical (unpaired) electrons. The molecular formula is C16H20O4S. The van der Waals surface area contributed by atoms with E-state index in [0.717, 1.165) is 42.6 Å². The minimum Gasteiger partial charge on any atom is -0.490 e. The smallest absolute Gasteiger partial charge is 0.163 e. The third-order valence-corrected chi connectivity index (χ3v) is 6.12. The normalized spacial score (nSPS) is 25.7. The number of hydrogen-bond donors (Lipinski definition) is 0. The van der Waals surface area contributed by atoms with Crippen molar-refractivity contribution in [3.63, 3.8) is 0 Å². The van der Waals surface area contributed by atoms with Crippen molar-refractivity contribution in [1.29, 1.82) is 0 Å². The predicted molar refractivity (Wildman–Crippen MR) is 80.6 cm³/mol. The average molecular weight is 308 g/mol. The molecule has 0 N–H and O–H groups in total. The van der Waals surface area contributed by atoms with Gasteiger partial charge in [-0.1, -0.05) is 0 Å². The maximum absolute atomic E-state index is 11.7. The van der Waals surface area contributed by atoms with Crippen LogP contribution >= 0.6 is 0 Å². The van der Waals surface area contributed by atoms with Gasteiger partial charge in [0.05, 0.1) is 11.4 Å². The molecule has 2 aliphatic rings. The summed E-state index contributed by atoms with van der Waals surface area (Å²) in [5, 5.41) is -0.285. The van der Waals surface area contributed by atoms with E-state index in [1.54, 1.807) is 0 Å².